The fourth-order valence-electron chi connectivity index (χ4n) is 2.56. The van der Waals surface area contributed by atoms with Crippen molar-refractivity contribution in [3.05, 3.63) is 0 Å². The lowest BCUT2D eigenvalue weighted by molar-refractivity contribution is -0.132. The van der Waals surface area contributed by atoms with E-state index < -0.39 is 0 Å². The summed E-state index contributed by atoms with van der Waals surface area (Å²) >= 11 is 0. The largest absolute Gasteiger partial charge is 0.342 e. The molecule has 6 nitrogen and oxygen atoms in total. The summed E-state index contributed by atoms with van der Waals surface area (Å²) < 4.78 is 0. The van der Waals surface area contributed by atoms with Crippen LogP contribution in [0.5, 0.6) is 0 Å². The van der Waals surface area contributed by atoms with E-state index >= 15 is 0 Å². The summed E-state index contributed by atoms with van der Waals surface area (Å²) in [5.74, 6) is 0.213. The lowest BCUT2D eigenvalue weighted by Crippen LogP contribution is -2.53. The van der Waals surface area contributed by atoms with Crippen LogP contribution < -0.4 is 5.32 Å². The minimum atomic E-state index is 0.00192. The molecule has 0 bridgehead atoms. The van der Waals surface area contributed by atoms with Gasteiger partial charge in [-0.1, -0.05) is 13.8 Å². The second kappa shape index (κ2) is 9.60. The fraction of sp³-hybridized carbons (Fsp3) is 0.867. The molecule has 0 aromatic heterocycles. The van der Waals surface area contributed by atoms with Crippen LogP contribution in [-0.4, -0.2) is 79.0 Å². The van der Waals surface area contributed by atoms with Crippen LogP contribution in [-0.2, 0) is 4.79 Å². The first kappa shape index (κ1) is 17.8. The maximum atomic E-state index is 12.3. The highest BCUT2D eigenvalue weighted by atomic mass is 16.2. The van der Waals surface area contributed by atoms with Gasteiger partial charge in [0.25, 0.3) is 0 Å². The summed E-state index contributed by atoms with van der Waals surface area (Å²) in [5.41, 5.74) is 0. The third-order valence-corrected chi connectivity index (χ3v) is 3.69. The number of amides is 3. The highest BCUT2D eigenvalue weighted by Crippen LogP contribution is 2.04. The molecule has 3 amide bonds. The van der Waals surface area contributed by atoms with Crippen molar-refractivity contribution in [2.45, 2.75) is 33.6 Å². The summed E-state index contributed by atoms with van der Waals surface area (Å²) in [6.07, 6.45) is 1.99. The molecule has 1 aliphatic rings. The van der Waals surface area contributed by atoms with Crippen molar-refractivity contribution in [3.63, 3.8) is 0 Å². The fourth-order valence-corrected chi connectivity index (χ4v) is 2.56. The number of rotatable bonds is 7. The topological polar surface area (TPSA) is 55.9 Å². The zero-order valence-electron chi connectivity index (χ0n) is 13.7. The highest BCUT2D eigenvalue weighted by Gasteiger charge is 2.23. The van der Waals surface area contributed by atoms with Crippen LogP contribution in [0.2, 0.25) is 0 Å². The number of urea groups is 1. The van der Waals surface area contributed by atoms with Gasteiger partial charge in [-0.25, -0.2) is 4.79 Å². The third kappa shape index (κ3) is 5.91. The molecule has 1 rings (SSSR count). The maximum absolute atomic E-state index is 12.3. The first-order chi connectivity index (χ1) is 10.1. The first-order valence-corrected chi connectivity index (χ1v) is 8.15. The predicted octanol–water partition coefficient (Wildman–Crippen LogP) is 0.982. The lowest BCUT2D eigenvalue weighted by Gasteiger charge is -2.35. The molecule has 122 valence electrons. The van der Waals surface area contributed by atoms with E-state index in [1.165, 1.54) is 0 Å². The molecule has 0 spiro atoms. The van der Waals surface area contributed by atoms with E-state index in [9.17, 15) is 9.59 Å². The van der Waals surface area contributed by atoms with Crippen LogP contribution in [0.1, 0.15) is 33.6 Å². The Kier molecular flexibility index (Phi) is 8.12. The van der Waals surface area contributed by atoms with Gasteiger partial charge in [0.15, 0.2) is 0 Å². The summed E-state index contributed by atoms with van der Waals surface area (Å²) in [7, 11) is 0. The van der Waals surface area contributed by atoms with Crippen molar-refractivity contribution in [3.8, 4) is 0 Å². The van der Waals surface area contributed by atoms with Crippen LogP contribution in [0.3, 0.4) is 0 Å². The summed E-state index contributed by atoms with van der Waals surface area (Å²) in [5, 5.41) is 2.82. The molecule has 1 heterocycles. The lowest BCUT2D eigenvalue weighted by atomic mass is 10.3. The third-order valence-electron chi connectivity index (χ3n) is 3.69. The van der Waals surface area contributed by atoms with Gasteiger partial charge < -0.3 is 15.1 Å². The quantitative estimate of drug-likeness (QED) is 0.762. The molecule has 0 aromatic carbocycles. The smallest absolute Gasteiger partial charge is 0.317 e. The zero-order chi connectivity index (χ0) is 15.7. The molecule has 0 atom stereocenters. The Bertz CT molecular complexity index is 322. The van der Waals surface area contributed by atoms with Gasteiger partial charge in [-0.3, -0.25) is 9.69 Å². The van der Waals surface area contributed by atoms with E-state index in [0.29, 0.717) is 26.2 Å². The van der Waals surface area contributed by atoms with Gasteiger partial charge in [-0.2, -0.15) is 0 Å². The van der Waals surface area contributed by atoms with E-state index in [0.717, 1.165) is 39.0 Å². The van der Waals surface area contributed by atoms with E-state index in [1.54, 1.807) is 0 Å². The summed E-state index contributed by atoms with van der Waals surface area (Å²) in [4.78, 5) is 30.0. The summed E-state index contributed by atoms with van der Waals surface area (Å²) in [6.45, 7) is 11.9. The van der Waals surface area contributed by atoms with Gasteiger partial charge in [0, 0.05) is 45.8 Å². The van der Waals surface area contributed by atoms with Gasteiger partial charge in [0.05, 0.1) is 6.54 Å². The molecule has 6 heteroatoms. The van der Waals surface area contributed by atoms with Crippen LogP contribution in [0, 0.1) is 0 Å². The average Bonchev–Trinajstić information content (AvgIpc) is 2.48. The molecule has 0 radical (unpaired) electrons. The number of carbonyl (C=O) groups is 2. The van der Waals surface area contributed by atoms with Crippen LogP contribution in [0.4, 0.5) is 4.79 Å². The molecule has 0 saturated carbocycles. The minimum Gasteiger partial charge on any atom is -0.342 e. The Morgan fingerprint density at radius 3 is 2.05 bits per heavy atom. The van der Waals surface area contributed by atoms with Crippen molar-refractivity contribution in [2.24, 2.45) is 0 Å². The van der Waals surface area contributed by atoms with E-state index in [-0.39, 0.29) is 11.9 Å². The van der Waals surface area contributed by atoms with Gasteiger partial charge >= 0.3 is 6.03 Å². The normalized spacial score (nSPS) is 15.9. The van der Waals surface area contributed by atoms with Crippen LogP contribution in [0.15, 0.2) is 0 Å². The van der Waals surface area contributed by atoms with Crippen LogP contribution >= 0.6 is 0 Å². The van der Waals surface area contributed by atoms with Gasteiger partial charge in [0.2, 0.25) is 5.91 Å². The molecular weight excluding hydrogens is 268 g/mol. The predicted molar refractivity (Wildman–Crippen MR) is 84.2 cm³/mol. The van der Waals surface area contributed by atoms with E-state index in [1.807, 2.05) is 16.7 Å². The second-order valence-corrected chi connectivity index (χ2v) is 5.48. The number of piperazine rings is 1. The number of nitrogens with zero attached hydrogens (tertiary/aromatic N) is 3. The Balaban J connectivity index is 2.37. The van der Waals surface area contributed by atoms with Gasteiger partial charge in [-0.05, 0) is 19.8 Å². The van der Waals surface area contributed by atoms with Gasteiger partial charge in [0.1, 0.15) is 0 Å². The average molecular weight is 298 g/mol. The number of nitrogens with one attached hydrogen (secondary N) is 1. The molecule has 1 fully saturated rings. The van der Waals surface area contributed by atoms with E-state index in [4.69, 9.17) is 0 Å². The molecule has 0 aliphatic carbocycles. The molecule has 1 saturated heterocycles. The monoisotopic (exact) mass is 298 g/mol. The van der Waals surface area contributed by atoms with Crippen molar-refractivity contribution >= 4 is 11.9 Å². The van der Waals surface area contributed by atoms with Crippen LogP contribution in [0.25, 0.3) is 0 Å². The molecule has 21 heavy (non-hydrogen) atoms. The standard InChI is InChI=1S/C15H30N4O2/c1-4-7-18(8-5-2)14(20)13-17-9-11-19(12-10-17)15(21)16-6-3/h4-13H2,1-3H3,(H,16,21). The Morgan fingerprint density at radius 1 is 1.00 bits per heavy atom. The Morgan fingerprint density at radius 2 is 1.57 bits per heavy atom. The van der Waals surface area contributed by atoms with E-state index in [2.05, 4.69) is 24.1 Å². The van der Waals surface area contributed by atoms with Crippen molar-refractivity contribution in [2.75, 3.05) is 52.4 Å². The SMILES string of the molecule is CCCN(CCC)C(=O)CN1CCN(C(=O)NCC)CC1. The van der Waals surface area contributed by atoms with Crippen molar-refractivity contribution in [1.82, 2.24) is 20.0 Å². The molecule has 0 aromatic rings. The Labute approximate surface area is 128 Å². The molecule has 0 unspecified atom stereocenters. The zero-order valence-corrected chi connectivity index (χ0v) is 13.7. The minimum absolute atomic E-state index is 0.00192. The number of hydrogen-bond acceptors (Lipinski definition) is 3. The highest BCUT2D eigenvalue weighted by molar-refractivity contribution is 5.78. The maximum Gasteiger partial charge on any atom is 0.317 e. The van der Waals surface area contributed by atoms with Crippen molar-refractivity contribution in [1.29, 1.82) is 0 Å². The first-order valence-electron chi connectivity index (χ1n) is 8.15. The molecule has 1 aliphatic heterocycles. The molecular formula is C15H30N4O2. The van der Waals surface area contributed by atoms with Gasteiger partial charge in [-0.15, -0.1) is 0 Å². The Hall–Kier alpha value is -1.30. The van der Waals surface area contributed by atoms with Crippen molar-refractivity contribution < 1.29 is 9.59 Å². The molecule has 1 N–H and O–H groups in total. The number of hydrogen-bond donors (Lipinski definition) is 1. The summed E-state index contributed by atoms with van der Waals surface area (Å²) in [6, 6.07) is 0.00192. The number of carbonyl (C=O) groups excluding carboxylic acids is 2. The second-order valence-electron chi connectivity index (χ2n) is 5.48.